The number of pyridine rings is 1. The van der Waals surface area contributed by atoms with Gasteiger partial charge in [0.2, 0.25) is 0 Å². The molecule has 0 spiro atoms. The smallest absolute Gasteiger partial charge is 0.168 e. The van der Waals surface area contributed by atoms with Crippen molar-refractivity contribution in [3.8, 4) is 16.9 Å². The van der Waals surface area contributed by atoms with E-state index in [1.807, 2.05) is 19.2 Å². The van der Waals surface area contributed by atoms with Crippen LogP contribution in [0.1, 0.15) is 10.5 Å². The Hall–Kier alpha value is -3.23. The van der Waals surface area contributed by atoms with Crippen LogP contribution < -0.4 is 4.74 Å². The Balaban J connectivity index is 1.48. The fourth-order valence-corrected chi connectivity index (χ4v) is 4.02. The van der Waals surface area contributed by atoms with Gasteiger partial charge in [0.1, 0.15) is 18.1 Å². The van der Waals surface area contributed by atoms with Crippen molar-refractivity contribution in [3.05, 3.63) is 42.4 Å². The Morgan fingerprint density at radius 2 is 2.07 bits per heavy atom. The number of ether oxygens (including phenoxy) is 2. The van der Waals surface area contributed by atoms with Gasteiger partial charge in [-0.3, -0.25) is 14.8 Å². The third-order valence-electron chi connectivity index (χ3n) is 5.59. The standard InChI is InChI=1S/C22H23N5O3/c1-26-13-20(17-10-15(14-28)24-22-19(17)12-23-25-22)18-11-16(2-3-21(18)26)30-9-6-27-4-7-29-8-5-27/h2-3,10-14H,4-9H2,1H3,(H,23,24,25). The lowest BCUT2D eigenvalue weighted by molar-refractivity contribution is 0.0322. The summed E-state index contributed by atoms with van der Waals surface area (Å²) in [6, 6.07) is 7.95. The van der Waals surface area contributed by atoms with Gasteiger partial charge in [0.05, 0.1) is 19.4 Å². The fraction of sp³-hybridized carbons (Fsp3) is 0.318. The van der Waals surface area contributed by atoms with Crippen molar-refractivity contribution < 1.29 is 14.3 Å². The summed E-state index contributed by atoms with van der Waals surface area (Å²) in [6.45, 7) is 4.99. The number of aromatic nitrogens is 4. The van der Waals surface area contributed by atoms with E-state index in [0.717, 1.165) is 72.3 Å². The average Bonchev–Trinajstić information content (AvgIpc) is 3.38. The lowest BCUT2D eigenvalue weighted by Crippen LogP contribution is -2.38. The van der Waals surface area contributed by atoms with Gasteiger partial charge in [-0.15, -0.1) is 0 Å². The lowest BCUT2D eigenvalue weighted by Gasteiger charge is -2.26. The largest absolute Gasteiger partial charge is 0.492 e. The van der Waals surface area contributed by atoms with Gasteiger partial charge in [0, 0.05) is 54.7 Å². The molecule has 3 aromatic heterocycles. The zero-order chi connectivity index (χ0) is 20.5. The molecule has 1 N–H and O–H groups in total. The molecular formula is C22H23N5O3. The van der Waals surface area contributed by atoms with Crippen LogP contribution in [0.5, 0.6) is 5.75 Å². The van der Waals surface area contributed by atoms with Crippen LogP contribution in [-0.2, 0) is 11.8 Å². The number of fused-ring (bicyclic) bond motifs is 2. The first-order chi connectivity index (χ1) is 14.7. The quantitative estimate of drug-likeness (QED) is 0.497. The van der Waals surface area contributed by atoms with Crippen molar-refractivity contribution in [1.82, 2.24) is 24.6 Å². The normalized spacial score (nSPS) is 15.1. The Labute approximate surface area is 173 Å². The monoisotopic (exact) mass is 405 g/mol. The van der Waals surface area contributed by atoms with Gasteiger partial charge in [-0.05, 0) is 29.8 Å². The van der Waals surface area contributed by atoms with Crippen molar-refractivity contribution in [2.45, 2.75) is 0 Å². The molecule has 0 amide bonds. The third-order valence-corrected chi connectivity index (χ3v) is 5.59. The highest BCUT2D eigenvalue weighted by atomic mass is 16.5. The second kappa shape index (κ2) is 7.89. The molecule has 154 valence electrons. The van der Waals surface area contributed by atoms with Crippen molar-refractivity contribution in [2.24, 2.45) is 7.05 Å². The van der Waals surface area contributed by atoms with Crippen LogP contribution in [0.2, 0.25) is 0 Å². The Bertz CT molecular complexity index is 1210. The summed E-state index contributed by atoms with van der Waals surface area (Å²) >= 11 is 0. The highest BCUT2D eigenvalue weighted by Gasteiger charge is 2.16. The van der Waals surface area contributed by atoms with Crippen LogP contribution in [-0.4, -0.2) is 70.4 Å². The number of hydrogen-bond acceptors (Lipinski definition) is 6. The Morgan fingerprint density at radius 1 is 1.20 bits per heavy atom. The number of H-pyrrole nitrogens is 1. The van der Waals surface area contributed by atoms with Gasteiger partial charge in [0.15, 0.2) is 11.9 Å². The summed E-state index contributed by atoms with van der Waals surface area (Å²) in [5.74, 6) is 0.830. The molecule has 4 aromatic rings. The van der Waals surface area contributed by atoms with E-state index in [-0.39, 0.29) is 0 Å². The number of nitrogens with one attached hydrogen (secondary N) is 1. The number of morpholine rings is 1. The van der Waals surface area contributed by atoms with E-state index in [2.05, 4.69) is 43.0 Å². The van der Waals surface area contributed by atoms with Crippen LogP contribution >= 0.6 is 0 Å². The van der Waals surface area contributed by atoms with E-state index in [4.69, 9.17) is 9.47 Å². The molecule has 4 heterocycles. The van der Waals surface area contributed by atoms with Crippen LogP contribution in [0.3, 0.4) is 0 Å². The molecule has 1 aliphatic heterocycles. The van der Waals surface area contributed by atoms with Crippen molar-refractivity contribution in [3.63, 3.8) is 0 Å². The number of aldehydes is 1. The molecule has 30 heavy (non-hydrogen) atoms. The highest BCUT2D eigenvalue weighted by Crippen LogP contribution is 2.36. The van der Waals surface area contributed by atoms with E-state index in [0.29, 0.717) is 17.9 Å². The van der Waals surface area contributed by atoms with Crippen LogP contribution in [0.4, 0.5) is 0 Å². The van der Waals surface area contributed by atoms with E-state index in [9.17, 15) is 4.79 Å². The maximum absolute atomic E-state index is 11.4. The number of rotatable bonds is 6. The molecule has 0 unspecified atom stereocenters. The fourth-order valence-electron chi connectivity index (χ4n) is 4.02. The maximum Gasteiger partial charge on any atom is 0.168 e. The number of benzene rings is 1. The van der Waals surface area contributed by atoms with Gasteiger partial charge < -0.3 is 14.0 Å². The first-order valence-electron chi connectivity index (χ1n) is 10.0. The minimum Gasteiger partial charge on any atom is -0.492 e. The Morgan fingerprint density at radius 3 is 2.90 bits per heavy atom. The van der Waals surface area contributed by atoms with E-state index < -0.39 is 0 Å². The molecule has 5 rings (SSSR count). The molecule has 8 heteroatoms. The maximum atomic E-state index is 11.4. The number of aryl methyl sites for hydroxylation is 1. The number of carbonyl (C=O) groups is 1. The van der Waals surface area contributed by atoms with Crippen LogP contribution in [0.15, 0.2) is 36.7 Å². The second-order valence-corrected chi connectivity index (χ2v) is 7.48. The predicted molar refractivity (Wildman–Crippen MR) is 114 cm³/mol. The van der Waals surface area contributed by atoms with E-state index >= 15 is 0 Å². The molecule has 1 saturated heterocycles. The predicted octanol–water partition coefficient (Wildman–Crippen LogP) is 2.64. The lowest BCUT2D eigenvalue weighted by atomic mass is 10.0. The number of aromatic amines is 1. The van der Waals surface area contributed by atoms with Gasteiger partial charge in [-0.25, -0.2) is 4.98 Å². The summed E-state index contributed by atoms with van der Waals surface area (Å²) in [5, 5.41) is 8.91. The second-order valence-electron chi connectivity index (χ2n) is 7.48. The topological polar surface area (TPSA) is 85.3 Å². The summed E-state index contributed by atoms with van der Waals surface area (Å²) in [6.07, 6.45) is 4.57. The summed E-state index contributed by atoms with van der Waals surface area (Å²) < 4.78 is 13.5. The number of nitrogens with zero attached hydrogens (tertiary/aromatic N) is 4. The van der Waals surface area contributed by atoms with E-state index in [1.165, 1.54) is 0 Å². The number of hydrogen-bond donors (Lipinski definition) is 1. The Kier molecular flexibility index (Phi) is 4.94. The van der Waals surface area contributed by atoms with Crippen molar-refractivity contribution in [1.29, 1.82) is 0 Å². The van der Waals surface area contributed by atoms with Gasteiger partial charge >= 0.3 is 0 Å². The molecule has 0 radical (unpaired) electrons. The molecule has 0 atom stereocenters. The van der Waals surface area contributed by atoms with Gasteiger partial charge in [-0.2, -0.15) is 5.10 Å². The zero-order valence-electron chi connectivity index (χ0n) is 16.8. The molecule has 1 aromatic carbocycles. The minimum absolute atomic E-state index is 0.372. The van der Waals surface area contributed by atoms with Crippen molar-refractivity contribution in [2.75, 3.05) is 39.5 Å². The molecule has 1 aliphatic rings. The zero-order valence-corrected chi connectivity index (χ0v) is 16.8. The molecule has 0 bridgehead atoms. The molecule has 0 saturated carbocycles. The van der Waals surface area contributed by atoms with Gasteiger partial charge in [0.25, 0.3) is 0 Å². The first kappa shape index (κ1) is 18.8. The summed E-state index contributed by atoms with van der Waals surface area (Å²) in [7, 11) is 2.01. The highest BCUT2D eigenvalue weighted by molar-refractivity contribution is 6.05. The average molecular weight is 405 g/mol. The first-order valence-corrected chi connectivity index (χ1v) is 10.0. The molecule has 8 nitrogen and oxygen atoms in total. The third kappa shape index (κ3) is 3.44. The number of carbonyl (C=O) groups excluding carboxylic acids is 1. The van der Waals surface area contributed by atoms with Crippen molar-refractivity contribution >= 4 is 28.2 Å². The molecule has 0 aliphatic carbocycles. The molecular weight excluding hydrogens is 382 g/mol. The van der Waals surface area contributed by atoms with Crippen LogP contribution in [0, 0.1) is 0 Å². The summed E-state index contributed by atoms with van der Waals surface area (Å²) in [4.78, 5) is 18.0. The van der Waals surface area contributed by atoms with Crippen LogP contribution in [0.25, 0.3) is 33.1 Å². The van der Waals surface area contributed by atoms with Gasteiger partial charge in [-0.1, -0.05) is 0 Å². The SMILES string of the molecule is Cn1cc(-c2cc(C=O)nc3[nH]ncc23)c2cc(OCCN3CCOCC3)ccc21. The summed E-state index contributed by atoms with van der Waals surface area (Å²) in [5.41, 5.74) is 4.00. The van der Waals surface area contributed by atoms with E-state index in [1.54, 1.807) is 6.20 Å². The molecule has 1 fully saturated rings. The minimum atomic E-state index is 0.372.